The summed E-state index contributed by atoms with van der Waals surface area (Å²) in [6, 6.07) is 8.42. The van der Waals surface area contributed by atoms with E-state index in [1.54, 1.807) is 7.11 Å². The van der Waals surface area contributed by atoms with Crippen LogP contribution >= 0.6 is 12.4 Å². The number of hydrogen-bond donors (Lipinski definition) is 1. The van der Waals surface area contributed by atoms with Gasteiger partial charge >= 0.3 is 0 Å². The van der Waals surface area contributed by atoms with Crippen molar-refractivity contribution in [2.24, 2.45) is 11.8 Å². The number of rotatable bonds is 5. The molecule has 2 fully saturated rings. The van der Waals surface area contributed by atoms with E-state index in [1.165, 1.54) is 18.4 Å². The van der Waals surface area contributed by atoms with Gasteiger partial charge < -0.3 is 15.0 Å². The molecule has 0 radical (unpaired) electrons. The molecule has 0 spiro atoms. The number of hydrogen-bond acceptors (Lipinski definition) is 3. The van der Waals surface area contributed by atoms with Crippen LogP contribution in [0.25, 0.3) is 0 Å². The number of methoxy groups -OCH3 is 1. The maximum Gasteiger partial charge on any atom is 0.223 e. The lowest BCUT2D eigenvalue weighted by Gasteiger charge is -2.31. The number of carbonyl (C=O) groups excluding carboxylic acids is 1. The normalized spacial score (nSPS) is 24.5. The van der Waals surface area contributed by atoms with Gasteiger partial charge in [-0.25, -0.2) is 0 Å². The fraction of sp³-hybridized carbons (Fsp3) is 0.650. The van der Waals surface area contributed by atoms with E-state index in [1.807, 2.05) is 12.1 Å². The monoisotopic (exact) mass is 366 g/mol. The zero-order valence-corrected chi connectivity index (χ0v) is 16.2. The van der Waals surface area contributed by atoms with Crippen LogP contribution in [0.5, 0.6) is 5.75 Å². The van der Waals surface area contributed by atoms with Gasteiger partial charge in [-0.2, -0.15) is 0 Å². The molecule has 3 rings (SSSR count). The number of piperidine rings is 1. The molecule has 5 heteroatoms. The molecule has 2 aliphatic heterocycles. The van der Waals surface area contributed by atoms with Gasteiger partial charge in [-0.15, -0.1) is 12.4 Å². The number of benzene rings is 1. The SMILES string of the molecule is COc1ccc(C2CCCN2C(=O)CC(C)C2CCCNC2)cc1.Cl. The number of amides is 1. The van der Waals surface area contributed by atoms with Crippen molar-refractivity contribution >= 4 is 18.3 Å². The minimum Gasteiger partial charge on any atom is -0.497 e. The topological polar surface area (TPSA) is 41.6 Å². The predicted molar refractivity (Wildman–Crippen MR) is 103 cm³/mol. The predicted octanol–water partition coefficient (Wildman–Crippen LogP) is 3.81. The minimum absolute atomic E-state index is 0. The van der Waals surface area contributed by atoms with Crippen molar-refractivity contribution in [1.29, 1.82) is 0 Å². The summed E-state index contributed by atoms with van der Waals surface area (Å²) in [5, 5.41) is 3.47. The van der Waals surface area contributed by atoms with Crippen LogP contribution in [0.1, 0.15) is 50.6 Å². The summed E-state index contributed by atoms with van der Waals surface area (Å²) in [6.07, 6.45) is 5.34. The average Bonchev–Trinajstić information content (AvgIpc) is 3.12. The highest BCUT2D eigenvalue weighted by Gasteiger charge is 2.32. The van der Waals surface area contributed by atoms with E-state index in [2.05, 4.69) is 29.3 Å². The molecule has 2 saturated heterocycles. The molecule has 0 aliphatic carbocycles. The number of ether oxygens (including phenoxy) is 1. The Morgan fingerprint density at radius 3 is 2.68 bits per heavy atom. The second kappa shape index (κ2) is 9.44. The van der Waals surface area contributed by atoms with Gasteiger partial charge in [0.25, 0.3) is 0 Å². The second-order valence-corrected chi connectivity index (χ2v) is 7.31. The molecule has 0 bridgehead atoms. The molecule has 3 unspecified atom stereocenters. The Morgan fingerprint density at radius 1 is 1.28 bits per heavy atom. The molecule has 0 aromatic heterocycles. The third kappa shape index (κ3) is 4.89. The summed E-state index contributed by atoms with van der Waals surface area (Å²) in [4.78, 5) is 15.0. The molecule has 25 heavy (non-hydrogen) atoms. The minimum atomic E-state index is 0. The molecule has 1 amide bonds. The number of halogens is 1. The summed E-state index contributed by atoms with van der Waals surface area (Å²) >= 11 is 0. The number of likely N-dealkylation sites (tertiary alicyclic amines) is 1. The molecule has 1 aromatic rings. The van der Waals surface area contributed by atoms with Crippen LogP contribution in [0.3, 0.4) is 0 Å². The molecule has 140 valence electrons. The molecule has 4 nitrogen and oxygen atoms in total. The van der Waals surface area contributed by atoms with Crippen molar-refractivity contribution in [1.82, 2.24) is 10.2 Å². The van der Waals surface area contributed by atoms with Gasteiger partial charge in [-0.1, -0.05) is 19.1 Å². The third-order valence-electron chi connectivity index (χ3n) is 5.71. The molecule has 1 N–H and O–H groups in total. The van der Waals surface area contributed by atoms with Gasteiger partial charge in [0.2, 0.25) is 5.91 Å². The first kappa shape index (κ1) is 20.1. The number of nitrogens with one attached hydrogen (secondary N) is 1. The Labute approximate surface area is 157 Å². The van der Waals surface area contributed by atoms with E-state index in [0.29, 0.717) is 24.2 Å². The quantitative estimate of drug-likeness (QED) is 0.861. The fourth-order valence-electron chi connectivity index (χ4n) is 4.16. The molecule has 0 saturated carbocycles. The number of nitrogens with zero attached hydrogens (tertiary/aromatic N) is 1. The summed E-state index contributed by atoms with van der Waals surface area (Å²) in [5.41, 5.74) is 1.23. The van der Waals surface area contributed by atoms with E-state index in [4.69, 9.17) is 4.74 Å². The van der Waals surface area contributed by atoms with Gasteiger partial charge in [-0.05, 0) is 68.3 Å². The molecular weight excluding hydrogens is 336 g/mol. The van der Waals surface area contributed by atoms with Crippen molar-refractivity contribution in [2.75, 3.05) is 26.7 Å². The Bertz CT molecular complexity index is 543. The van der Waals surface area contributed by atoms with Crippen LogP contribution in [0.4, 0.5) is 0 Å². The van der Waals surface area contributed by atoms with Crippen LogP contribution in [0.2, 0.25) is 0 Å². The Kier molecular flexibility index (Phi) is 7.57. The van der Waals surface area contributed by atoms with Crippen molar-refractivity contribution < 1.29 is 9.53 Å². The first-order valence-electron chi connectivity index (χ1n) is 9.33. The zero-order chi connectivity index (χ0) is 16.9. The molecule has 1 aromatic carbocycles. The third-order valence-corrected chi connectivity index (χ3v) is 5.71. The Hall–Kier alpha value is -1.26. The van der Waals surface area contributed by atoms with Crippen LogP contribution in [0.15, 0.2) is 24.3 Å². The zero-order valence-electron chi connectivity index (χ0n) is 15.4. The van der Waals surface area contributed by atoms with Crippen molar-refractivity contribution in [3.63, 3.8) is 0 Å². The fourth-order valence-corrected chi connectivity index (χ4v) is 4.16. The van der Waals surface area contributed by atoms with Crippen LogP contribution in [0, 0.1) is 11.8 Å². The highest BCUT2D eigenvalue weighted by molar-refractivity contribution is 5.85. The van der Waals surface area contributed by atoms with Crippen molar-refractivity contribution in [3.05, 3.63) is 29.8 Å². The standard InChI is InChI=1S/C20H30N2O2.ClH/c1-15(17-5-3-11-21-14-17)13-20(23)22-12-4-6-19(22)16-7-9-18(24-2)10-8-16;/h7-10,15,17,19,21H,3-6,11-14H2,1-2H3;1H. The van der Waals surface area contributed by atoms with Crippen molar-refractivity contribution in [2.45, 2.75) is 45.1 Å². The first-order valence-corrected chi connectivity index (χ1v) is 9.33. The molecular formula is C20H31ClN2O2. The van der Waals surface area contributed by atoms with Gasteiger partial charge in [0, 0.05) is 13.0 Å². The summed E-state index contributed by atoms with van der Waals surface area (Å²) < 4.78 is 5.24. The number of carbonyl (C=O) groups is 1. The first-order chi connectivity index (χ1) is 11.7. The van der Waals surface area contributed by atoms with Gasteiger partial charge in [-0.3, -0.25) is 4.79 Å². The van der Waals surface area contributed by atoms with Crippen LogP contribution < -0.4 is 10.1 Å². The highest BCUT2D eigenvalue weighted by atomic mass is 35.5. The van der Waals surface area contributed by atoms with Crippen LogP contribution in [-0.2, 0) is 4.79 Å². The lowest BCUT2D eigenvalue weighted by molar-refractivity contribution is -0.133. The molecule has 3 atom stereocenters. The van der Waals surface area contributed by atoms with E-state index in [-0.39, 0.29) is 18.4 Å². The second-order valence-electron chi connectivity index (χ2n) is 7.31. The van der Waals surface area contributed by atoms with Gasteiger partial charge in [0.15, 0.2) is 0 Å². The summed E-state index contributed by atoms with van der Waals surface area (Å²) in [6.45, 7) is 5.33. The average molecular weight is 367 g/mol. The van der Waals surface area contributed by atoms with E-state index >= 15 is 0 Å². The van der Waals surface area contributed by atoms with E-state index in [9.17, 15) is 4.79 Å². The molecule has 2 heterocycles. The smallest absolute Gasteiger partial charge is 0.223 e. The molecule has 2 aliphatic rings. The maximum absolute atomic E-state index is 12.9. The van der Waals surface area contributed by atoms with E-state index < -0.39 is 0 Å². The Balaban J connectivity index is 0.00000225. The van der Waals surface area contributed by atoms with Crippen LogP contribution in [-0.4, -0.2) is 37.6 Å². The van der Waals surface area contributed by atoms with Gasteiger partial charge in [0.05, 0.1) is 13.2 Å². The van der Waals surface area contributed by atoms with Crippen molar-refractivity contribution in [3.8, 4) is 5.75 Å². The summed E-state index contributed by atoms with van der Waals surface area (Å²) in [5.74, 6) is 2.30. The highest BCUT2D eigenvalue weighted by Crippen LogP contribution is 2.34. The lowest BCUT2D eigenvalue weighted by Crippen LogP contribution is -2.37. The van der Waals surface area contributed by atoms with E-state index in [0.717, 1.165) is 38.2 Å². The summed E-state index contributed by atoms with van der Waals surface area (Å²) in [7, 11) is 1.68. The largest absolute Gasteiger partial charge is 0.497 e. The van der Waals surface area contributed by atoms with Gasteiger partial charge in [0.1, 0.15) is 5.75 Å². The maximum atomic E-state index is 12.9. The Morgan fingerprint density at radius 2 is 2.04 bits per heavy atom. The lowest BCUT2D eigenvalue weighted by atomic mass is 9.85.